The lowest BCUT2D eigenvalue weighted by Crippen LogP contribution is -2.19. The van der Waals surface area contributed by atoms with Crippen molar-refractivity contribution >= 4 is 68.8 Å². The molecular weight excluding hydrogens is 435 g/mol. The Balaban J connectivity index is 1.86. The number of carbonyl (C=O) groups is 1. The monoisotopic (exact) mass is 444 g/mol. The Morgan fingerprint density at radius 3 is 2.91 bits per heavy atom. The van der Waals surface area contributed by atoms with Crippen LogP contribution in [-0.4, -0.2) is 11.1 Å². The van der Waals surface area contributed by atoms with Gasteiger partial charge in [0, 0.05) is 11.1 Å². The number of hydrogen-bond donors (Lipinski definition) is 1. The van der Waals surface area contributed by atoms with E-state index in [1.54, 1.807) is 12.1 Å². The first kappa shape index (κ1) is 15.6. The standard InChI is InChI=1S/C15H10ClIN2O2S/c1-8-2-3-9(16)6-11(8)18-15-19-14(20)12(22-15)7-10-4-5-13(17)21-10/h2-7H,1H3,(H,18,19,20)/b12-7-. The van der Waals surface area contributed by atoms with E-state index in [1.165, 1.54) is 11.8 Å². The van der Waals surface area contributed by atoms with Crippen LogP contribution in [0.25, 0.3) is 6.08 Å². The fourth-order valence-electron chi connectivity index (χ4n) is 1.83. The molecule has 0 aliphatic carbocycles. The van der Waals surface area contributed by atoms with E-state index in [0.29, 0.717) is 20.9 Å². The minimum Gasteiger partial charge on any atom is -0.451 e. The summed E-state index contributed by atoms with van der Waals surface area (Å²) >= 11 is 9.34. The van der Waals surface area contributed by atoms with Gasteiger partial charge in [0.15, 0.2) is 8.93 Å². The number of hydrogen-bond acceptors (Lipinski definition) is 4. The van der Waals surface area contributed by atoms with Crippen molar-refractivity contribution in [2.45, 2.75) is 6.92 Å². The highest BCUT2D eigenvalue weighted by Crippen LogP contribution is 2.30. The number of amidine groups is 1. The molecule has 0 radical (unpaired) electrons. The highest BCUT2D eigenvalue weighted by Gasteiger charge is 2.24. The molecule has 7 heteroatoms. The number of amides is 1. The van der Waals surface area contributed by atoms with Crippen LogP contribution in [0.5, 0.6) is 0 Å². The van der Waals surface area contributed by atoms with Crippen molar-refractivity contribution in [1.82, 2.24) is 5.32 Å². The fraction of sp³-hybridized carbons (Fsp3) is 0.0667. The molecule has 1 aliphatic rings. The van der Waals surface area contributed by atoms with Gasteiger partial charge in [0.1, 0.15) is 5.76 Å². The Morgan fingerprint density at radius 2 is 2.18 bits per heavy atom. The molecule has 1 aliphatic heterocycles. The number of furan rings is 1. The number of rotatable bonds is 2. The van der Waals surface area contributed by atoms with Gasteiger partial charge < -0.3 is 9.73 Å². The summed E-state index contributed by atoms with van der Waals surface area (Å²) in [4.78, 5) is 17.0. The number of nitrogens with one attached hydrogen (secondary N) is 1. The molecule has 1 saturated heterocycles. The molecular formula is C15H10ClIN2O2S. The van der Waals surface area contributed by atoms with Gasteiger partial charge in [0.05, 0.1) is 10.6 Å². The largest absolute Gasteiger partial charge is 0.451 e. The number of thioether (sulfide) groups is 1. The Hall–Kier alpha value is -1.25. The van der Waals surface area contributed by atoms with E-state index in [0.717, 1.165) is 15.0 Å². The second kappa shape index (κ2) is 6.47. The highest BCUT2D eigenvalue weighted by atomic mass is 127. The maximum Gasteiger partial charge on any atom is 0.264 e. The van der Waals surface area contributed by atoms with Crippen molar-refractivity contribution in [1.29, 1.82) is 0 Å². The minimum atomic E-state index is -0.185. The molecule has 1 aromatic heterocycles. The van der Waals surface area contributed by atoms with Crippen molar-refractivity contribution in [3.63, 3.8) is 0 Å². The average molecular weight is 445 g/mol. The summed E-state index contributed by atoms with van der Waals surface area (Å²) in [7, 11) is 0. The Bertz CT molecular complexity index is 814. The molecule has 1 fully saturated rings. The SMILES string of the molecule is Cc1ccc(Cl)cc1N=C1NC(=O)/C(=C/c2ccc(I)o2)S1. The molecule has 0 saturated carbocycles. The molecule has 2 heterocycles. The summed E-state index contributed by atoms with van der Waals surface area (Å²) in [6, 6.07) is 9.14. The molecule has 0 bridgehead atoms. The van der Waals surface area contributed by atoms with Gasteiger partial charge in [0.25, 0.3) is 5.91 Å². The van der Waals surface area contributed by atoms with E-state index in [1.807, 2.05) is 31.2 Å². The van der Waals surface area contributed by atoms with Gasteiger partial charge in [-0.15, -0.1) is 0 Å². The molecule has 112 valence electrons. The predicted molar refractivity (Wildman–Crippen MR) is 98.4 cm³/mol. The van der Waals surface area contributed by atoms with Gasteiger partial charge in [0.2, 0.25) is 0 Å². The predicted octanol–water partition coefficient (Wildman–Crippen LogP) is 4.74. The summed E-state index contributed by atoms with van der Waals surface area (Å²) in [5, 5.41) is 3.89. The number of halogens is 2. The van der Waals surface area contributed by atoms with Gasteiger partial charge in [-0.2, -0.15) is 0 Å². The van der Waals surface area contributed by atoms with Crippen LogP contribution >= 0.6 is 46.0 Å². The van der Waals surface area contributed by atoms with E-state index >= 15 is 0 Å². The smallest absolute Gasteiger partial charge is 0.264 e. The third-order valence-corrected chi connectivity index (χ3v) is 4.64. The lowest BCUT2D eigenvalue weighted by atomic mass is 10.2. The Labute approximate surface area is 150 Å². The molecule has 0 unspecified atom stereocenters. The second-order valence-corrected chi connectivity index (χ2v) is 7.08. The lowest BCUT2D eigenvalue weighted by molar-refractivity contribution is -0.115. The number of nitrogens with zero attached hydrogens (tertiary/aromatic N) is 1. The summed E-state index contributed by atoms with van der Waals surface area (Å²) < 4.78 is 6.22. The number of aliphatic imine (C=N–C) groups is 1. The van der Waals surface area contributed by atoms with Crippen LogP contribution in [0, 0.1) is 10.7 Å². The molecule has 1 amide bonds. The van der Waals surface area contributed by atoms with E-state index in [9.17, 15) is 4.79 Å². The average Bonchev–Trinajstić information content (AvgIpc) is 3.01. The van der Waals surface area contributed by atoms with E-state index in [-0.39, 0.29) is 5.91 Å². The molecule has 3 rings (SSSR count). The first-order valence-corrected chi connectivity index (χ1v) is 8.60. The van der Waals surface area contributed by atoms with Crippen molar-refractivity contribution in [2.24, 2.45) is 4.99 Å². The van der Waals surface area contributed by atoms with E-state index in [2.05, 4.69) is 32.9 Å². The maximum absolute atomic E-state index is 12.0. The maximum atomic E-state index is 12.0. The third-order valence-electron chi connectivity index (χ3n) is 2.91. The zero-order valence-electron chi connectivity index (χ0n) is 11.4. The molecule has 22 heavy (non-hydrogen) atoms. The molecule has 0 atom stereocenters. The molecule has 0 spiro atoms. The van der Waals surface area contributed by atoms with Crippen LogP contribution in [0.3, 0.4) is 0 Å². The molecule has 1 aromatic carbocycles. The van der Waals surface area contributed by atoms with Crippen LogP contribution in [0.4, 0.5) is 5.69 Å². The van der Waals surface area contributed by atoms with E-state index in [4.69, 9.17) is 16.0 Å². The van der Waals surface area contributed by atoms with Crippen molar-refractivity contribution in [2.75, 3.05) is 0 Å². The van der Waals surface area contributed by atoms with E-state index < -0.39 is 0 Å². The lowest BCUT2D eigenvalue weighted by Gasteiger charge is -2.01. The number of benzene rings is 1. The van der Waals surface area contributed by atoms with Gasteiger partial charge in [-0.05, 0) is 71.1 Å². The number of aryl methyl sites for hydroxylation is 1. The summed E-state index contributed by atoms with van der Waals surface area (Å²) in [5.41, 5.74) is 1.73. The quantitative estimate of drug-likeness (QED) is 0.538. The van der Waals surface area contributed by atoms with Crippen molar-refractivity contribution < 1.29 is 9.21 Å². The van der Waals surface area contributed by atoms with Gasteiger partial charge in [-0.25, -0.2) is 4.99 Å². The summed E-state index contributed by atoms with van der Waals surface area (Å²) in [5.74, 6) is 0.456. The van der Waals surface area contributed by atoms with Crippen LogP contribution in [-0.2, 0) is 4.79 Å². The minimum absolute atomic E-state index is 0.185. The van der Waals surface area contributed by atoms with Gasteiger partial charge in [-0.3, -0.25) is 4.79 Å². The first-order chi connectivity index (χ1) is 10.5. The third kappa shape index (κ3) is 3.56. The molecule has 2 aromatic rings. The Kier molecular flexibility index (Phi) is 4.60. The summed E-state index contributed by atoms with van der Waals surface area (Å²) in [6.45, 7) is 1.94. The Morgan fingerprint density at radius 1 is 1.36 bits per heavy atom. The van der Waals surface area contributed by atoms with Gasteiger partial charge >= 0.3 is 0 Å². The highest BCUT2D eigenvalue weighted by molar-refractivity contribution is 14.1. The van der Waals surface area contributed by atoms with Crippen LogP contribution in [0.2, 0.25) is 5.02 Å². The normalized spacial score (nSPS) is 18.2. The van der Waals surface area contributed by atoms with Crippen LogP contribution in [0.15, 0.2) is 44.6 Å². The zero-order chi connectivity index (χ0) is 15.7. The van der Waals surface area contributed by atoms with Crippen LogP contribution in [0.1, 0.15) is 11.3 Å². The van der Waals surface area contributed by atoms with Gasteiger partial charge in [-0.1, -0.05) is 17.7 Å². The first-order valence-electron chi connectivity index (χ1n) is 6.32. The molecule has 4 nitrogen and oxygen atoms in total. The zero-order valence-corrected chi connectivity index (χ0v) is 15.1. The topological polar surface area (TPSA) is 54.6 Å². The van der Waals surface area contributed by atoms with Crippen molar-refractivity contribution in [3.8, 4) is 0 Å². The second-order valence-electron chi connectivity index (χ2n) is 4.55. The molecule has 1 N–H and O–H groups in total. The van der Waals surface area contributed by atoms with Crippen molar-refractivity contribution in [3.05, 3.63) is 55.4 Å². The fourth-order valence-corrected chi connectivity index (χ4v) is 3.24. The van der Waals surface area contributed by atoms with Crippen LogP contribution < -0.4 is 5.32 Å². The summed E-state index contributed by atoms with van der Waals surface area (Å²) in [6.07, 6.45) is 1.70. The number of carbonyl (C=O) groups excluding carboxylic acids is 1.